The quantitative estimate of drug-likeness (QED) is 0.622. The smallest absolute Gasteiger partial charge is 0.334 e. The van der Waals surface area contributed by atoms with E-state index in [4.69, 9.17) is 9.47 Å². The molecule has 3 aliphatic rings. The molecule has 1 heterocycles. The van der Waals surface area contributed by atoms with E-state index < -0.39 is 17.5 Å². The van der Waals surface area contributed by atoms with Gasteiger partial charge in [-0.1, -0.05) is 27.0 Å². The lowest BCUT2D eigenvalue weighted by Gasteiger charge is -2.38. The number of carbonyl (C=O) groups is 2. The Kier molecular flexibility index (Phi) is 3.87. The first-order chi connectivity index (χ1) is 10.8. The third kappa shape index (κ3) is 2.42. The maximum absolute atomic E-state index is 11.8. The number of aliphatic hydroxyl groups excluding tert-OH is 1. The minimum Gasteiger partial charge on any atom is -0.459 e. The van der Waals surface area contributed by atoms with Crippen LogP contribution < -0.4 is 0 Å². The number of aliphatic hydroxyl groups is 1. The Morgan fingerprint density at radius 3 is 2.83 bits per heavy atom. The molecule has 0 amide bonds. The molecule has 0 aromatic heterocycles. The number of hydrogen-bond acceptors (Lipinski definition) is 5. The highest BCUT2D eigenvalue weighted by molar-refractivity contribution is 5.90. The molecule has 3 rings (SSSR count). The summed E-state index contributed by atoms with van der Waals surface area (Å²) in [6.45, 7) is 11.4. The van der Waals surface area contributed by atoms with Crippen LogP contribution in [0.15, 0.2) is 24.8 Å². The van der Waals surface area contributed by atoms with Crippen LogP contribution in [-0.2, 0) is 19.1 Å². The Hall–Kier alpha value is -1.62. The number of ether oxygens (including phenoxy) is 2. The molecule has 0 aromatic carbocycles. The third-order valence-electron chi connectivity index (χ3n) is 6.11. The minimum atomic E-state index is -0.584. The van der Waals surface area contributed by atoms with Crippen LogP contribution in [0.25, 0.3) is 0 Å². The lowest BCUT2D eigenvalue weighted by Crippen LogP contribution is -2.38. The van der Waals surface area contributed by atoms with Crippen LogP contribution in [0, 0.1) is 23.2 Å². The Labute approximate surface area is 136 Å². The molecule has 0 spiro atoms. The highest BCUT2D eigenvalue weighted by Gasteiger charge is 2.60. The topological polar surface area (TPSA) is 72.8 Å². The van der Waals surface area contributed by atoms with Crippen LogP contribution in [0.3, 0.4) is 0 Å². The maximum Gasteiger partial charge on any atom is 0.334 e. The van der Waals surface area contributed by atoms with Gasteiger partial charge < -0.3 is 14.6 Å². The number of rotatable bonds is 2. The molecule has 2 aliphatic carbocycles. The van der Waals surface area contributed by atoms with Gasteiger partial charge in [0, 0.05) is 35.3 Å². The van der Waals surface area contributed by atoms with Gasteiger partial charge in [0.1, 0.15) is 12.2 Å². The van der Waals surface area contributed by atoms with E-state index >= 15 is 0 Å². The zero-order valence-corrected chi connectivity index (χ0v) is 13.7. The molecule has 5 nitrogen and oxygen atoms in total. The maximum atomic E-state index is 11.8. The molecular weight excluding hydrogens is 296 g/mol. The lowest BCUT2D eigenvalue weighted by molar-refractivity contribution is -0.146. The number of carbonyl (C=O) groups excluding carboxylic acids is 2. The number of fused-ring (bicyclic) bond motifs is 2. The van der Waals surface area contributed by atoms with Crippen molar-refractivity contribution in [3.63, 3.8) is 0 Å². The Morgan fingerprint density at radius 2 is 2.17 bits per heavy atom. The largest absolute Gasteiger partial charge is 0.459 e. The van der Waals surface area contributed by atoms with Crippen molar-refractivity contribution in [1.82, 2.24) is 0 Å². The monoisotopic (exact) mass is 320 g/mol. The van der Waals surface area contributed by atoms with Crippen molar-refractivity contribution in [3.05, 3.63) is 24.8 Å². The van der Waals surface area contributed by atoms with Crippen LogP contribution in [0.2, 0.25) is 0 Å². The number of hydrogen-bond donors (Lipinski definition) is 1. The van der Waals surface area contributed by atoms with Gasteiger partial charge in [-0.2, -0.15) is 0 Å². The summed E-state index contributed by atoms with van der Waals surface area (Å²) < 4.78 is 11.0. The molecule has 7 atom stereocenters. The van der Waals surface area contributed by atoms with Crippen molar-refractivity contribution in [2.75, 3.05) is 0 Å². The van der Waals surface area contributed by atoms with Gasteiger partial charge in [-0.15, -0.1) is 0 Å². The summed E-state index contributed by atoms with van der Waals surface area (Å²) in [6.07, 6.45) is 1.80. The SMILES string of the molecule is C=CC(=O)OC1CC(O)C2(C)CC3C(=C)C(=O)OC3CC(C)C12. The zero-order chi connectivity index (χ0) is 16.9. The van der Waals surface area contributed by atoms with Crippen LogP contribution in [0.5, 0.6) is 0 Å². The van der Waals surface area contributed by atoms with E-state index in [1.165, 1.54) is 0 Å². The van der Waals surface area contributed by atoms with Gasteiger partial charge in [-0.3, -0.25) is 0 Å². The Bertz CT molecular complexity index is 568. The molecule has 1 N–H and O–H groups in total. The average molecular weight is 320 g/mol. The van der Waals surface area contributed by atoms with Gasteiger partial charge in [-0.05, 0) is 18.8 Å². The second kappa shape index (κ2) is 5.48. The molecule has 1 aliphatic heterocycles. The average Bonchev–Trinajstić information content (AvgIpc) is 2.82. The predicted molar refractivity (Wildman–Crippen MR) is 83.2 cm³/mol. The van der Waals surface area contributed by atoms with Crippen molar-refractivity contribution in [1.29, 1.82) is 0 Å². The highest BCUT2D eigenvalue weighted by Crippen LogP contribution is 2.57. The van der Waals surface area contributed by atoms with Crippen molar-refractivity contribution in [2.24, 2.45) is 23.2 Å². The molecule has 2 saturated carbocycles. The van der Waals surface area contributed by atoms with E-state index in [2.05, 4.69) is 20.1 Å². The molecular formula is C18H24O5. The number of esters is 2. The Morgan fingerprint density at radius 1 is 1.48 bits per heavy atom. The molecule has 7 unspecified atom stereocenters. The molecule has 23 heavy (non-hydrogen) atoms. The van der Waals surface area contributed by atoms with Crippen molar-refractivity contribution < 1.29 is 24.2 Å². The summed E-state index contributed by atoms with van der Waals surface area (Å²) in [4.78, 5) is 23.5. The summed E-state index contributed by atoms with van der Waals surface area (Å²) in [5.41, 5.74) is 0.0739. The summed E-state index contributed by atoms with van der Waals surface area (Å²) in [7, 11) is 0. The second-order valence-electron chi connectivity index (χ2n) is 7.46. The van der Waals surface area contributed by atoms with E-state index in [9.17, 15) is 14.7 Å². The summed E-state index contributed by atoms with van der Waals surface area (Å²) >= 11 is 0. The summed E-state index contributed by atoms with van der Waals surface area (Å²) in [5.74, 6) is -0.661. The first-order valence-corrected chi connectivity index (χ1v) is 8.18. The van der Waals surface area contributed by atoms with E-state index in [0.29, 0.717) is 24.8 Å². The Balaban J connectivity index is 1.92. The minimum absolute atomic E-state index is 0.0264. The molecule has 0 radical (unpaired) electrons. The van der Waals surface area contributed by atoms with E-state index in [0.717, 1.165) is 6.08 Å². The van der Waals surface area contributed by atoms with Gasteiger partial charge in [0.2, 0.25) is 0 Å². The molecule has 126 valence electrons. The standard InChI is InChI=1S/C18H24O5/c1-5-15(20)22-13-7-14(19)18(4)8-11-10(3)17(21)23-12(11)6-9(2)16(13)18/h5,9,11-14,16,19H,1,3,6-8H2,2,4H3. The first kappa shape index (κ1) is 16.2. The van der Waals surface area contributed by atoms with Gasteiger partial charge in [0.15, 0.2) is 0 Å². The van der Waals surface area contributed by atoms with Crippen LogP contribution >= 0.6 is 0 Å². The molecule has 1 saturated heterocycles. The van der Waals surface area contributed by atoms with E-state index in [1.54, 1.807) is 0 Å². The van der Waals surface area contributed by atoms with Crippen LogP contribution in [0.4, 0.5) is 0 Å². The van der Waals surface area contributed by atoms with Crippen LogP contribution in [-0.4, -0.2) is 35.4 Å². The van der Waals surface area contributed by atoms with E-state index in [1.807, 2.05) is 6.92 Å². The predicted octanol–water partition coefficient (Wildman–Crippen LogP) is 2.00. The third-order valence-corrected chi connectivity index (χ3v) is 6.11. The normalized spacial score (nSPS) is 45.7. The summed E-state index contributed by atoms with van der Waals surface area (Å²) in [5, 5.41) is 10.7. The van der Waals surface area contributed by atoms with E-state index in [-0.39, 0.29) is 35.9 Å². The fourth-order valence-electron chi connectivity index (χ4n) is 5.01. The highest BCUT2D eigenvalue weighted by atomic mass is 16.6. The van der Waals surface area contributed by atoms with Gasteiger partial charge in [-0.25, -0.2) is 9.59 Å². The van der Waals surface area contributed by atoms with Crippen molar-refractivity contribution in [2.45, 2.75) is 51.4 Å². The van der Waals surface area contributed by atoms with Gasteiger partial charge in [0.25, 0.3) is 0 Å². The van der Waals surface area contributed by atoms with Gasteiger partial charge >= 0.3 is 11.9 Å². The van der Waals surface area contributed by atoms with Crippen molar-refractivity contribution in [3.8, 4) is 0 Å². The fourth-order valence-corrected chi connectivity index (χ4v) is 5.01. The fraction of sp³-hybridized carbons (Fsp3) is 0.667. The van der Waals surface area contributed by atoms with Gasteiger partial charge in [0.05, 0.1) is 6.10 Å². The second-order valence-corrected chi connectivity index (χ2v) is 7.46. The lowest BCUT2D eigenvalue weighted by atomic mass is 9.69. The molecule has 5 heteroatoms. The molecule has 0 aromatic rings. The summed E-state index contributed by atoms with van der Waals surface area (Å²) in [6, 6.07) is 0. The molecule has 0 bridgehead atoms. The molecule has 3 fully saturated rings. The van der Waals surface area contributed by atoms with Crippen LogP contribution in [0.1, 0.15) is 33.1 Å². The van der Waals surface area contributed by atoms with Crippen molar-refractivity contribution >= 4 is 11.9 Å². The zero-order valence-electron chi connectivity index (χ0n) is 13.7. The first-order valence-electron chi connectivity index (χ1n) is 8.18.